The molecule has 3 heteroatoms. The first-order valence-corrected chi connectivity index (χ1v) is 8.08. The number of likely N-dealkylation sites (tertiary alicyclic amines) is 1. The highest BCUT2D eigenvalue weighted by molar-refractivity contribution is 9.10. The second-order valence-electron chi connectivity index (χ2n) is 5.76. The van der Waals surface area contributed by atoms with Gasteiger partial charge in [0.2, 0.25) is 0 Å². The van der Waals surface area contributed by atoms with Gasteiger partial charge in [0.15, 0.2) is 0 Å². The minimum absolute atomic E-state index is 0.761. The summed E-state index contributed by atoms with van der Waals surface area (Å²) in [6, 6.07) is 5.13. The van der Waals surface area contributed by atoms with Crippen LogP contribution in [0, 0.1) is 13.8 Å². The highest BCUT2D eigenvalue weighted by atomic mass is 79.9. The molecule has 1 aromatic carbocycles. The van der Waals surface area contributed by atoms with Gasteiger partial charge >= 0.3 is 0 Å². The Morgan fingerprint density at radius 2 is 1.95 bits per heavy atom. The van der Waals surface area contributed by atoms with Crippen molar-refractivity contribution in [1.82, 2.24) is 4.90 Å². The van der Waals surface area contributed by atoms with Gasteiger partial charge in [0.05, 0.1) is 0 Å². The van der Waals surface area contributed by atoms with Crippen molar-refractivity contribution >= 4 is 21.6 Å². The predicted molar refractivity (Wildman–Crippen MR) is 87.0 cm³/mol. The van der Waals surface area contributed by atoms with E-state index in [0.717, 1.165) is 12.6 Å². The number of hydrogen-bond donors (Lipinski definition) is 1. The summed E-state index contributed by atoms with van der Waals surface area (Å²) in [6.45, 7) is 6.68. The molecule has 19 heavy (non-hydrogen) atoms. The summed E-state index contributed by atoms with van der Waals surface area (Å²) >= 11 is 3.55. The SMILES string of the molecule is Cc1cc(Br)cc(C)c1NCCC1CCCCN1C. The normalized spacial score (nSPS) is 20.5. The highest BCUT2D eigenvalue weighted by Gasteiger charge is 2.18. The minimum Gasteiger partial charge on any atom is -0.385 e. The molecule has 0 spiro atoms. The predicted octanol–water partition coefficient (Wildman–Crippen LogP) is 4.35. The molecule has 1 atom stereocenters. The van der Waals surface area contributed by atoms with Gasteiger partial charge in [-0.3, -0.25) is 0 Å². The van der Waals surface area contributed by atoms with Gasteiger partial charge in [0, 0.05) is 22.7 Å². The van der Waals surface area contributed by atoms with Crippen LogP contribution < -0.4 is 5.32 Å². The molecule has 0 amide bonds. The van der Waals surface area contributed by atoms with E-state index in [1.807, 2.05) is 0 Å². The first-order valence-electron chi connectivity index (χ1n) is 7.29. The van der Waals surface area contributed by atoms with Crippen molar-refractivity contribution in [2.75, 3.05) is 25.5 Å². The molecule has 2 nitrogen and oxygen atoms in total. The summed E-state index contributed by atoms with van der Waals surface area (Å²) < 4.78 is 1.17. The Labute approximate surface area is 125 Å². The molecular formula is C16H25BrN2. The van der Waals surface area contributed by atoms with Gasteiger partial charge in [-0.1, -0.05) is 22.4 Å². The fourth-order valence-electron chi connectivity index (χ4n) is 3.06. The third kappa shape index (κ3) is 3.96. The lowest BCUT2D eigenvalue weighted by Crippen LogP contribution is -2.37. The van der Waals surface area contributed by atoms with Crippen LogP contribution in [0.4, 0.5) is 5.69 Å². The van der Waals surface area contributed by atoms with Gasteiger partial charge in [-0.25, -0.2) is 0 Å². The lowest BCUT2D eigenvalue weighted by atomic mass is 10.00. The van der Waals surface area contributed by atoms with E-state index in [1.165, 1.54) is 53.5 Å². The zero-order valence-corrected chi connectivity index (χ0v) is 13.9. The molecule has 0 saturated carbocycles. The Balaban J connectivity index is 1.89. The molecule has 1 aliphatic heterocycles. The quantitative estimate of drug-likeness (QED) is 0.885. The number of nitrogens with zero attached hydrogens (tertiary/aromatic N) is 1. The summed E-state index contributed by atoms with van der Waals surface area (Å²) in [5.74, 6) is 0. The van der Waals surface area contributed by atoms with Crippen molar-refractivity contribution in [1.29, 1.82) is 0 Å². The number of nitrogens with one attached hydrogen (secondary N) is 1. The Kier molecular flexibility index (Phi) is 5.28. The van der Waals surface area contributed by atoms with E-state index in [2.05, 4.69) is 59.2 Å². The lowest BCUT2D eigenvalue weighted by molar-refractivity contribution is 0.179. The standard InChI is InChI=1S/C16H25BrN2/c1-12-10-14(17)11-13(2)16(12)18-8-7-15-6-4-5-9-19(15)3/h10-11,15,18H,4-9H2,1-3H3. The number of rotatable bonds is 4. The zero-order valence-electron chi connectivity index (χ0n) is 12.3. The molecular weight excluding hydrogens is 300 g/mol. The summed E-state index contributed by atoms with van der Waals surface area (Å²) in [5, 5.41) is 3.63. The first-order chi connectivity index (χ1) is 9.08. The molecule has 0 aliphatic carbocycles. The zero-order chi connectivity index (χ0) is 13.8. The van der Waals surface area contributed by atoms with E-state index in [-0.39, 0.29) is 0 Å². The average Bonchev–Trinajstić information content (AvgIpc) is 2.34. The van der Waals surface area contributed by atoms with Crippen LogP contribution in [-0.4, -0.2) is 31.1 Å². The van der Waals surface area contributed by atoms with Crippen LogP contribution in [0.25, 0.3) is 0 Å². The van der Waals surface area contributed by atoms with Gasteiger partial charge in [-0.15, -0.1) is 0 Å². The van der Waals surface area contributed by atoms with Crippen LogP contribution in [0.2, 0.25) is 0 Å². The number of hydrogen-bond acceptors (Lipinski definition) is 2. The molecule has 0 bridgehead atoms. The molecule has 1 heterocycles. The van der Waals surface area contributed by atoms with Crippen LogP contribution in [-0.2, 0) is 0 Å². The molecule has 1 fully saturated rings. The molecule has 1 N–H and O–H groups in total. The summed E-state index contributed by atoms with van der Waals surface area (Å²) in [7, 11) is 2.26. The van der Waals surface area contributed by atoms with Crippen molar-refractivity contribution in [3.05, 3.63) is 27.7 Å². The average molecular weight is 325 g/mol. The summed E-state index contributed by atoms with van der Waals surface area (Å²) in [4.78, 5) is 2.52. The maximum atomic E-state index is 3.63. The molecule has 0 radical (unpaired) electrons. The summed E-state index contributed by atoms with van der Waals surface area (Å²) in [5.41, 5.74) is 3.95. The van der Waals surface area contributed by atoms with Gasteiger partial charge in [0.1, 0.15) is 0 Å². The van der Waals surface area contributed by atoms with E-state index < -0.39 is 0 Å². The molecule has 1 saturated heterocycles. The van der Waals surface area contributed by atoms with Gasteiger partial charge in [-0.2, -0.15) is 0 Å². The Hall–Kier alpha value is -0.540. The molecule has 1 aromatic rings. The van der Waals surface area contributed by atoms with Crippen LogP contribution in [0.3, 0.4) is 0 Å². The van der Waals surface area contributed by atoms with E-state index in [1.54, 1.807) is 0 Å². The van der Waals surface area contributed by atoms with Crippen LogP contribution >= 0.6 is 15.9 Å². The molecule has 2 rings (SSSR count). The van der Waals surface area contributed by atoms with Crippen molar-refractivity contribution in [3.63, 3.8) is 0 Å². The second-order valence-corrected chi connectivity index (χ2v) is 6.68. The minimum atomic E-state index is 0.761. The van der Waals surface area contributed by atoms with Crippen molar-refractivity contribution in [2.24, 2.45) is 0 Å². The molecule has 1 aliphatic rings. The smallest absolute Gasteiger partial charge is 0.0400 e. The topological polar surface area (TPSA) is 15.3 Å². The van der Waals surface area contributed by atoms with Crippen molar-refractivity contribution in [3.8, 4) is 0 Å². The third-order valence-electron chi connectivity index (χ3n) is 4.20. The largest absolute Gasteiger partial charge is 0.385 e. The van der Waals surface area contributed by atoms with E-state index in [0.29, 0.717) is 0 Å². The fraction of sp³-hybridized carbons (Fsp3) is 0.625. The Bertz CT molecular complexity index is 408. The molecule has 106 valence electrons. The van der Waals surface area contributed by atoms with Crippen LogP contribution in [0.5, 0.6) is 0 Å². The van der Waals surface area contributed by atoms with E-state index >= 15 is 0 Å². The van der Waals surface area contributed by atoms with Crippen LogP contribution in [0.1, 0.15) is 36.8 Å². The van der Waals surface area contributed by atoms with Gasteiger partial charge in [-0.05, 0) is 70.0 Å². The Morgan fingerprint density at radius 3 is 2.58 bits per heavy atom. The second kappa shape index (κ2) is 6.76. The number of benzene rings is 1. The fourth-order valence-corrected chi connectivity index (χ4v) is 3.75. The highest BCUT2D eigenvalue weighted by Crippen LogP contribution is 2.25. The Morgan fingerprint density at radius 1 is 1.26 bits per heavy atom. The third-order valence-corrected chi connectivity index (χ3v) is 4.66. The van der Waals surface area contributed by atoms with Gasteiger partial charge in [0.25, 0.3) is 0 Å². The lowest BCUT2D eigenvalue weighted by Gasteiger charge is -2.32. The summed E-state index contributed by atoms with van der Waals surface area (Å²) in [6.07, 6.45) is 5.36. The van der Waals surface area contributed by atoms with Crippen molar-refractivity contribution < 1.29 is 0 Å². The maximum Gasteiger partial charge on any atom is 0.0400 e. The maximum absolute atomic E-state index is 3.63. The first kappa shape index (κ1) is 14.9. The van der Waals surface area contributed by atoms with E-state index in [9.17, 15) is 0 Å². The number of piperidine rings is 1. The van der Waals surface area contributed by atoms with Gasteiger partial charge < -0.3 is 10.2 Å². The molecule has 1 unspecified atom stereocenters. The number of aryl methyl sites for hydroxylation is 2. The van der Waals surface area contributed by atoms with Crippen molar-refractivity contribution in [2.45, 2.75) is 45.6 Å². The number of anilines is 1. The van der Waals surface area contributed by atoms with E-state index in [4.69, 9.17) is 0 Å². The molecule has 0 aromatic heterocycles. The monoisotopic (exact) mass is 324 g/mol. The van der Waals surface area contributed by atoms with Crippen LogP contribution in [0.15, 0.2) is 16.6 Å². The number of halogens is 1.